The van der Waals surface area contributed by atoms with Crippen molar-refractivity contribution in [1.82, 2.24) is 4.98 Å². The van der Waals surface area contributed by atoms with Gasteiger partial charge in [0.1, 0.15) is 11.5 Å². The van der Waals surface area contributed by atoms with Crippen LogP contribution in [0.2, 0.25) is 0 Å². The molecule has 1 heterocycles. The predicted molar refractivity (Wildman–Crippen MR) is 80.8 cm³/mol. The fraction of sp³-hybridized carbons (Fsp3) is 0.0588. The molecule has 1 amide bonds. The topological polar surface area (TPSA) is 42.0 Å². The van der Waals surface area contributed by atoms with E-state index in [-0.39, 0.29) is 17.4 Å². The standard InChI is InChI=1S/C17H13FN2O/c1-11-4-2-3-5-14(11)20-17(21)15-9-7-12-6-8-13(18)10-16(12)19-15/h2-10H,1H3,(H,20,21). The van der Waals surface area contributed by atoms with Crippen LogP contribution in [0.25, 0.3) is 10.9 Å². The van der Waals surface area contributed by atoms with Gasteiger partial charge in [0.25, 0.3) is 5.91 Å². The molecule has 0 saturated heterocycles. The number of carbonyl (C=O) groups excluding carboxylic acids is 1. The van der Waals surface area contributed by atoms with Crippen molar-refractivity contribution in [2.45, 2.75) is 6.92 Å². The molecule has 0 bridgehead atoms. The smallest absolute Gasteiger partial charge is 0.274 e. The number of fused-ring (bicyclic) bond motifs is 1. The third kappa shape index (κ3) is 2.74. The molecule has 104 valence electrons. The van der Waals surface area contributed by atoms with Crippen molar-refractivity contribution in [1.29, 1.82) is 0 Å². The first-order valence-electron chi connectivity index (χ1n) is 6.57. The van der Waals surface area contributed by atoms with E-state index in [1.807, 2.05) is 31.2 Å². The number of benzene rings is 2. The summed E-state index contributed by atoms with van der Waals surface area (Å²) in [5.41, 5.74) is 2.44. The average Bonchev–Trinajstić information content (AvgIpc) is 2.48. The number of amides is 1. The van der Waals surface area contributed by atoms with Crippen LogP contribution in [-0.2, 0) is 0 Å². The summed E-state index contributed by atoms with van der Waals surface area (Å²) in [5, 5.41) is 3.61. The number of halogens is 1. The van der Waals surface area contributed by atoms with E-state index >= 15 is 0 Å². The van der Waals surface area contributed by atoms with Crippen LogP contribution in [0.3, 0.4) is 0 Å². The van der Waals surface area contributed by atoms with Crippen molar-refractivity contribution in [2.75, 3.05) is 5.32 Å². The second-order valence-electron chi connectivity index (χ2n) is 4.80. The van der Waals surface area contributed by atoms with E-state index in [0.717, 1.165) is 16.6 Å². The number of hydrogen-bond acceptors (Lipinski definition) is 2. The highest BCUT2D eigenvalue weighted by molar-refractivity contribution is 6.04. The molecule has 0 unspecified atom stereocenters. The average molecular weight is 280 g/mol. The predicted octanol–water partition coefficient (Wildman–Crippen LogP) is 3.93. The van der Waals surface area contributed by atoms with Gasteiger partial charge in [-0.3, -0.25) is 4.79 Å². The molecule has 3 nitrogen and oxygen atoms in total. The summed E-state index contributed by atoms with van der Waals surface area (Å²) in [6, 6.07) is 15.2. The Morgan fingerprint density at radius 2 is 1.86 bits per heavy atom. The highest BCUT2D eigenvalue weighted by Gasteiger charge is 2.10. The van der Waals surface area contributed by atoms with Crippen LogP contribution < -0.4 is 5.32 Å². The van der Waals surface area contributed by atoms with Gasteiger partial charge in [-0.1, -0.05) is 24.3 Å². The number of hydrogen-bond donors (Lipinski definition) is 1. The molecule has 3 aromatic rings. The van der Waals surface area contributed by atoms with Crippen LogP contribution in [0, 0.1) is 12.7 Å². The molecular formula is C17H13FN2O. The van der Waals surface area contributed by atoms with Crippen LogP contribution in [0.15, 0.2) is 54.6 Å². The zero-order valence-electron chi connectivity index (χ0n) is 11.4. The van der Waals surface area contributed by atoms with Gasteiger partial charge in [-0.25, -0.2) is 9.37 Å². The molecule has 0 spiro atoms. The quantitative estimate of drug-likeness (QED) is 0.772. The number of aromatic nitrogens is 1. The lowest BCUT2D eigenvalue weighted by atomic mass is 10.2. The van der Waals surface area contributed by atoms with E-state index in [9.17, 15) is 9.18 Å². The molecule has 2 aromatic carbocycles. The van der Waals surface area contributed by atoms with Crippen LogP contribution >= 0.6 is 0 Å². The molecule has 21 heavy (non-hydrogen) atoms. The second kappa shape index (κ2) is 5.32. The molecule has 0 radical (unpaired) electrons. The molecule has 0 atom stereocenters. The molecule has 0 fully saturated rings. The molecule has 1 N–H and O–H groups in total. The highest BCUT2D eigenvalue weighted by atomic mass is 19.1. The minimum absolute atomic E-state index is 0.261. The molecule has 0 aliphatic carbocycles. The Bertz CT molecular complexity index is 830. The molecule has 4 heteroatoms. The van der Waals surface area contributed by atoms with Gasteiger partial charge in [-0.2, -0.15) is 0 Å². The van der Waals surface area contributed by atoms with Gasteiger partial charge in [0, 0.05) is 17.1 Å². The number of nitrogens with zero attached hydrogens (tertiary/aromatic N) is 1. The Morgan fingerprint density at radius 3 is 2.67 bits per heavy atom. The summed E-state index contributed by atoms with van der Waals surface area (Å²) in [7, 11) is 0. The van der Waals surface area contributed by atoms with Crippen molar-refractivity contribution in [2.24, 2.45) is 0 Å². The summed E-state index contributed by atoms with van der Waals surface area (Å²) in [6.07, 6.45) is 0. The maximum Gasteiger partial charge on any atom is 0.274 e. The van der Waals surface area contributed by atoms with Crippen molar-refractivity contribution in [3.63, 3.8) is 0 Å². The molecule has 0 aliphatic heterocycles. The van der Waals surface area contributed by atoms with E-state index < -0.39 is 0 Å². The van der Waals surface area contributed by atoms with E-state index in [1.54, 1.807) is 18.2 Å². The van der Waals surface area contributed by atoms with E-state index in [0.29, 0.717) is 5.52 Å². The van der Waals surface area contributed by atoms with Crippen LogP contribution in [0.1, 0.15) is 16.1 Å². The third-order valence-corrected chi connectivity index (χ3v) is 3.28. The summed E-state index contributed by atoms with van der Waals surface area (Å²) in [6.45, 7) is 1.92. The van der Waals surface area contributed by atoms with Crippen molar-refractivity contribution < 1.29 is 9.18 Å². The minimum atomic E-state index is -0.369. The van der Waals surface area contributed by atoms with Gasteiger partial charge in [-0.15, -0.1) is 0 Å². The minimum Gasteiger partial charge on any atom is -0.320 e. The molecule has 0 saturated carbocycles. The van der Waals surface area contributed by atoms with E-state index in [4.69, 9.17) is 0 Å². The molecular weight excluding hydrogens is 267 g/mol. The normalized spacial score (nSPS) is 10.6. The first-order valence-corrected chi connectivity index (χ1v) is 6.57. The van der Waals surface area contributed by atoms with Crippen LogP contribution in [0.4, 0.5) is 10.1 Å². The van der Waals surface area contributed by atoms with Crippen molar-refractivity contribution >= 4 is 22.5 Å². The summed E-state index contributed by atoms with van der Waals surface area (Å²) in [4.78, 5) is 16.4. The Morgan fingerprint density at radius 1 is 1.10 bits per heavy atom. The Balaban J connectivity index is 1.93. The summed E-state index contributed by atoms with van der Waals surface area (Å²) >= 11 is 0. The van der Waals surface area contributed by atoms with Gasteiger partial charge >= 0.3 is 0 Å². The second-order valence-corrected chi connectivity index (χ2v) is 4.80. The lowest BCUT2D eigenvalue weighted by molar-refractivity contribution is 0.102. The van der Waals surface area contributed by atoms with Gasteiger partial charge in [0.15, 0.2) is 0 Å². The Labute approximate surface area is 121 Å². The van der Waals surface area contributed by atoms with Gasteiger partial charge in [0.05, 0.1) is 5.52 Å². The zero-order chi connectivity index (χ0) is 14.8. The fourth-order valence-corrected chi connectivity index (χ4v) is 2.12. The summed E-state index contributed by atoms with van der Waals surface area (Å²) in [5.74, 6) is -0.679. The maximum atomic E-state index is 13.2. The van der Waals surface area contributed by atoms with Gasteiger partial charge in [-0.05, 0) is 36.8 Å². The Hall–Kier alpha value is -2.75. The number of para-hydroxylation sites is 1. The highest BCUT2D eigenvalue weighted by Crippen LogP contribution is 2.17. The first-order chi connectivity index (χ1) is 10.1. The largest absolute Gasteiger partial charge is 0.320 e. The summed E-state index contributed by atoms with van der Waals surface area (Å²) < 4.78 is 13.2. The molecule has 1 aromatic heterocycles. The van der Waals surface area contributed by atoms with Crippen molar-refractivity contribution in [3.8, 4) is 0 Å². The number of aryl methyl sites for hydroxylation is 1. The zero-order valence-corrected chi connectivity index (χ0v) is 11.4. The van der Waals surface area contributed by atoms with E-state index in [1.165, 1.54) is 12.1 Å². The number of carbonyl (C=O) groups is 1. The number of anilines is 1. The molecule has 3 rings (SSSR count). The lowest BCUT2D eigenvalue weighted by Crippen LogP contribution is -2.14. The fourth-order valence-electron chi connectivity index (χ4n) is 2.12. The third-order valence-electron chi connectivity index (χ3n) is 3.28. The first kappa shape index (κ1) is 13.2. The van der Waals surface area contributed by atoms with Gasteiger partial charge < -0.3 is 5.32 Å². The van der Waals surface area contributed by atoms with Crippen molar-refractivity contribution in [3.05, 3.63) is 71.7 Å². The number of nitrogens with one attached hydrogen (secondary N) is 1. The SMILES string of the molecule is Cc1ccccc1NC(=O)c1ccc2ccc(F)cc2n1. The Kier molecular flexibility index (Phi) is 3.36. The van der Waals surface area contributed by atoms with E-state index in [2.05, 4.69) is 10.3 Å². The van der Waals surface area contributed by atoms with Gasteiger partial charge in [0.2, 0.25) is 0 Å². The van der Waals surface area contributed by atoms with Crippen LogP contribution in [0.5, 0.6) is 0 Å². The monoisotopic (exact) mass is 280 g/mol. The maximum absolute atomic E-state index is 13.2. The number of rotatable bonds is 2. The lowest BCUT2D eigenvalue weighted by Gasteiger charge is -2.08. The van der Waals surface area contributed by atoms with Crippen LogP contribution in [-0.4, -0.2) is 10.9 Å². The number of pyridine rings is 1. The molecule has 0 aliphatic rings.